The third-order valence-electron chi connectivity index (χ3n) is 1.76. The van der Waals surface area contributed by atoms with Crippen molar-refractivity contribution in [1.29, 1.82) is 0 Å². The summed E-state index contributed by atoms with van der Waals surface area (Å²) in [6.07, 6.45) is 1.73. The molecule has 0 radical (unpaired) electrons. The van der Waals surface area contributed by atoms with Crippen LogP contribution in [0.25, 0.3) is 0 Å². The zero-order valence-electron chi connectivity index (χ0n) is 7.62. The summed E-state index contributed by atoms with van der Waals surface area (Å²) in [5, 5.41) is 4.20. The Hall–Kier alpha value is -1.06. The standard InChI is InChI=1S/C10H9ClN2S/c1-7-3-2-4-8(5-7)13-9-6-12-10(11)14-9/h2-6,13H,1H3. The highest BCUT2D eigenvalue weighted by Crippen LogP contribution is 2.26. The molecule has 0 spiro atoms. The molecule has 2 aromatic rings. The molecule has 0 unspecified atom stereocenters. The second kappa shape index (κ2) is 3.98. The predicted molar refractivity (Wildman–Crippen MR) is 61.6 cm³/mol. The fraction of sp³-hybridized carbons (Fsp3) is 0.100. The van der Waals surface area contributed by atoms with Gasteiger partial charge in [-0.25, -0.2) is 4.98 Å². The van der Waals surface area contributed by atoms with Crippen molar-refractivity contribution in [1.82, 2.24) is 4.98 Å². The van der Waals surface area contributed by atoms with Gasteiger partial charge in [0, 0.05) is 5.69 Å². The molecule has 1 heterocycles. The number of thiazole rings is 1. The Balaban J connectivity index is 2.18. The quantitative estimate of drug-likeness (QED) is 0.838. The number of rotatable bonds is 2. The van der Waals surface area contributed by atoms with Gasteiger partial charge in [-0.1, -0.05) is 35.1 Å². The molecule has 1 N–H and O–H groups in total. The summed E-state index contributed by atoms with van der Waals surface area (Å²) in [7, 11) is 0. The molecular formula is C10H9ClN2S. The molecule has 1 aromatic carbocycles. The summed E-state index contributed by atoms with van der Waals surface area (Å²) >= 11 is 7.16. The fourth-order valence-electron chi connectivity index (χ4n) is 1.18. The van der Waals surface area contributed by atoms with Crippen LogP contribution < -0.4 is 5.32 Å². The van der Waals surface area contributed by atoms with Crippen molar-refractivity contribution in [2.45, 2.75) is 6.92 Å². The maximum Gasteiger partial charge on any atom is 0.185 e. The van der Waals surface area contributed by atoms with Crippen molar-refractivity contribution in [2.75, 3.05) is 5.32 Å². The average molecular weight is 225 g/mol. The van der Waals surface area contributed by atoms with Gasteiger partial charge < -0.3 is 5.32 Å². The van der Waals surface area contributed by atoms with E-state index in [2.05, 4.69) is 29.4 Å². The smallest absolute Gasteiger partial charge is 0.185 e. The molecular weight excluding hydrogens is 216 g/mol. The normalized spacial score (nSPS) is 10.1. The lowest BCUT2D eigenvalue weighted by molar-refractivity contribution is 1.41. The summed E-state index contributed by atoms with van der Waals surface area (Å²) in [5.74, 6) is 0. The largest absolute Gasteiger partial charge is 0.346 e. The van der Waals surface area contributed by atoms with Crippen molar-refractivity contribution < 1.29 is 0 Å². The van der Waals surface area contributed by atoms with Crippen LogP contribution in [0.4, 0.5) is 10.7 Å². The van der Waals surface area contributed by atoms with Crippen molar-refractivity contribution in [3.8, 4) is 0 Å². The summed E-state index contributed by atoms with van der Waals surface area (Å²) in [5.41, 5.74) is 2.29. The lowest BCUT2D eigenvalue weighted by Crippen LogP contribution is -1.86. The highest BCUT2D eigenvalue weighted by atomic mass is 35.5. The molecule has 0 saturated heterocycles. The molecule has 2 rings (SSSR count). The Morgan fingerprint density at radius 1 is 1.43 bits per heavy atom. The molecule has 0 aliphatic carbocycles. The number of halogens is 1. The Labute approximate surface area is 91.6 Å². The monoisotopic (exact) mass is 224 g/mol. The van der Waals surface area contributed by atoms with Gasteiger partial charge in [0.15, 0.2) is 4.47 Å². The third-order valence-corrected chi connectivity index (χ3v) is 2.79. The predicted octanol–water partition coefficient (Wildman–Crippen LogP) is 3.85. The number of aryl methyl sites for hydroxylation is 1. The summed E-state index contributed by atoms with van der Waals surface area (Å²) in [6, 6.07) is 8.17. The van der Waals surface area contributed by atoms with Crippen molar-refractivity contribution in [2.24, 2.45) is 0 Å². The number of anilines is 2. The van der Waals surface area contributed by atoms with E-state index in [1.54, 1.807) is 6.20 Å². The topological polar surface area (TPSA) is 24.9 Å². The van der Waals surface area contributed by atoms with Crippen LogP contribution in [-0.2, 0) is 0 Å². The Morgan fingerprint density at radius 3 is 2.93 bits per heavy atom. The first-order valence-electron chi connectivity index (χ1n) is 4.19. The molecule has 4 heteroatoms. The summed E-state index contributed by atoms with van der Waals surface area (Å²) in [6.45, 7) is 2.06. The molecule has 72 valence electrons. The first-order chi connectivity index (χ1) is 6.74. The van der Waals surface area contributed by atoms with E-state index in [9.17, 15) is 0 Å². The van der Waals surface area contributed by atoms with E-state index in [0.29, 0.717) is 4.47 Å². The van der Waals surface area contributed by atoms with Crippen molar-refractivity contribution in [3.63, 3.8) is 0 Å². The minimum absolute atomic E-state index is 0.556. The van der Waals surface area contributed by atoms with E-state index >= 15 is 0 Å². The van der Waals surface area contributed by atoms with Gasteiger partial charge in [-0.2, -0.15) is 0 Å². The second-order valence-corrected chi connectivity index (χ2v) is 4.58. The minimum Gasteiger partial charge on any atom is -0.346 e. The molecule has 2 nitrogen and oxygen atoms in total. The second-order valence-electron chi connectivity index (χ2n) is 2.97. The number of aromatic nitrogens is 1. The number of benzene rings is 1. The van der Waals surface area contributed by atoms with Gasteiger partial charge in [0.1, 0.15) is 5.00 Å². The van der Waals surface area contributed by atoms with E-state index in [1.165, 1.54) is 16.9 Å². The minimum atomic E-state index is 0.556. The Morgan fingerprint density at radius 2 is 2.29 bits per heavy atom. The molecule has 0 aliphatic rings. The van der Waals surface area contributed by atoms with Gasteiger partial charge in [0.25, 0.3) is 0 Å². The van der Waals surface area contributed by atoms with Gasteiger partial charge in [0.05, 0.1) is 6.20 Å². The third kappa shape index (κ3) is 2.25. The van der Waals surface area contributed by atoms with E-state index in [1.807, 2.05) is 12.1 Å². The van der Waals surface area contributed by atoms with Gasteiger partial charge in [-0.15, -0.1) is 0 Å². The van der Waals surface area contributed by atoms with E-state index in [4.69, 9.17) is 11.6 Å². The Kier molecular flexibility index (Phi) is 2.70. The van der Waals surface area contributed by atoms with E-state index in [-0.39, 0.29) is 0 Å². The Bertz CT molecular complexity index is 439. The molecule has 14 heavy (non-hydrogen) atoms. The molecule has 0 fully saturated rings. The summed E-state index contributed by atoms with van der Waals surface area (Å²) < 4.78 is 0.556. The molecule has 0 atom stereocenters. The summed E-state index contributed by atoms with van der Waals surface area (Å²) in [4.78, 5) is 3.96. The lowest BCUT2D eigenvalue weighted by atomic mass is 10.2. The first kappa shape index (κ1) is 9.49. The van der Waals surface area contributed by atoms with Crippen LogP contribution >= 0.6 is 22.9 Å². The highest BCUT2D eigenvalue weighted by molar-refractivity contribution is 7.19. The lowest BCUT2D eigenvalue weighted by Gasteiger charge is -2.02. The maximum absolute atomic E-state index is 5.73. The number of nitrogens with one attached hydrogen (secondary N) is 1. The van der Waals surface area contributed by atoms with E-state index < -0.39 is 0 Å². The zero-order valence-corrected chi connectivity index (χ0v) is 9.19. The van der Waals surface area contributed by atoms with Crippen molar-refractivity contribution in [3.05, 3.63) is 40.5 Å². The number of hydrogen-bond acceptors (Lipinski definition) is 3. The van der Waals surface area contributed by atoms with Crippen LogP contribution in [0.3, 0.4) is 0 Å². The van der Waals surface area contributed by atoms with Gasteiger partial charge in [-0.3, -0.25) is 0 Å². The number of nitrogens with zero attached hydrogens (tertiary/aromatic N) is 1. The van der Waals surface area contributed by atoms with Crippen LogP contribution in [0.2, 0.25) is 4.47 Å². The van der Waals surface area contributed by atoms with Gasteiger partial charge >= 0.3 is 0 Å². The van der Waals surface area contributed by atoms with Crippen LogP contribution in [0, 0.1) is 6.92 Å². The van der Waals surface area contributed by atoms with Crippen molar-refractivity contribution >= 4 is 33.6 Å². The van der Waals surface area contributed by atoms with Gasteiger partial charge in [0.2, 0.25) is 0 Å². The van der Waals surface area contributed by atoms with Crippen LogP contribution in [0.15, 0.2) is 30.5 Å². The maximum atomic E-state index is 5.73. The molecule has 0 bridgehead atoms. The van der Waals surface area contributed by atoms with Crippen LogP contribution in [-0.4, -0.2) is 4.98 Å². The van der Waals surface area contributed by atoms with Crippen LogP contribution in [0.5, 0.6) is 0 Å². The highest BCUT2D eigenvalue weighted by Gasteiger charge is 1.99. The SMILES string of the molecule is Cc1cccc(Nc2cnc(Cl)s2)c1. The van der Waals surface area contributed by atoms with Crippen LogP contribution in [0.1, 0.15) is 5.56 Å². The first-order valence-corrected chi connectivity index (χ1v) is 5.38. The fourth-order valence-corrected chi connectivity index (χ4v) is 2.04. The van der Waals surface area contributed by atoms with E-state index in [0.717, 1.165) is 10.7 Å². The zero-order chi connectivity index (χ0) is 9.97. The average Bonchev–Trinajstić information content (AvgIpc) is 2.51. The molecule has 0 saturated carbocycles. The molecule has 0 aliphatic heterocycles. The molecule has 1 aromatic heterocycles. The van der Waals surface area contributed by atoms with Gasteiger partial charge in [-0.05, 0) is 24.6 Å². The molecule has 0 amide bonds. The number of hydrogen-bond donors (Lipinski definition) is 1.